The van der Waals surface area contributed by atoms with E-state index in [2.05, 4.69) is 52.4 Å². The Balaban J connectivity index is 1.53. The van der Waals surface area contributed by atoms with Crippen LogP contribution in [0.1, 0.15) is 63.1 Å². The molecule has 34 heavy (non-hydrogen) atoms. The Morgan fingerprint density at radius 2 is 1.94 bits per heavy atom. The van der Waals surface area contributed by atoms with Crippen LogP contribution in [0.4, 0.5) is 0 Å². The average Bonchev–Trinajstić information content (AvgIpc) is 3.29. The number of H-pyrrole nitrogens is 1. The van der Waals surface area contributed by atoms with Crippen molar-refractivity contribution in [3.05, 3.63) is 47.8 Å². The maximum Gasteiger partial charge on any atom is 0.226 e. The zero-order valence-corrected chi connectivity index (χ0v) is 21.4. The van der Waals surface area contributed by atoms with Crippen LogP contribution in [-0.2, 0) is 11.3 Å². The number of hydrogen-bond donors (Lipinski definition) is 2. The molecule has 0 radical (unpaired) electrons. The lowest BCUT2D eigenvalue weighted by molar-refractivity contribution is -0.135. The van der Waals surface area contributed by atoms with Crippen LogP contribution < -0.4 is 10.1 Å². The van der Waals surface area contributed by atoms with Gasteiger partial charge in [0.1, 0.15) is 5.75 Å². The van der Waals surface area contributed by atoms with Crippen LogP contribution in [0.15, 0.2) is 36.5 Å². The van der Waals surface area contributed by atoms with Crippen LogP contribution in [0.5, 0.6) is 5.75 Å². The summed E-state index contributed by atoms with van der Waals surface area (Å²) in [5, 5.41) is 10.9. The summed E-state index contributed by atoms with van der Waals surface area (Å²) in [6, 6.07) is 10.0. The highest BCUT2D eigenvalue weighted by molar-refractivity contribution is 5.76. The molecule has 7 heteroatoms. The van der Waals surface area contributed by atoms with Crippen LogP contribution in [0.3, 0.4) is 0 Å². The van der Waals surface area contributed by atoms with Gasteiger partial charge in [0, 0.05) is 49.9 Å². The summed E-state index contributed by atoms with van der Waals surface area (Å²) in [6.45, 7) is 8.50. The molecule has 0 saturated heterocycles. The summed E-state index contributed by atoms with van der Waals surface area (Å²) in [7, 11) is 4.14. The second kappa shape index (κ2) is 13.5. The molecule has 2 N–H and O–H groups in total. The normalized spacial score (nSPS) is 18.4. The van der Waals surface area contributed by atoms with Crippen molar-refractivity contribution in [1.29, 1.82) is 0 Å². The molecular weight excluding hydrogens is 426 g/mol. The van der Waals surface area contributed by atoms with E-state index >= 15 is 0 Å². The molecule has 0 bridgehead atoms. The first kappa shape index (κ1) is 26.2. The van der Waals surface area contributed by atoms with Crippen molar-refractivity contribution in [2.75, 3.05) is 40.3 Å². The lowest BCUT2D eigenvalue weighted by Crippen LogP contribution is -2.44. The van der Waals surface area contributed by atoms with Crippen LogP contribution in [0.25, 0.3) is 0 Å². The molecule has 7 nitrogen and oxygen atoms in total. The predicted octanol–water partition coefficient (Wildman–Crippen LogP) is 4.04. The number of aromatic amines is 1. The van der Waals surface area contributed by atoms with E-state index in [-0.39, 0.29) is 5.91 Å². The number of nitrogens with zero attached hydrogens (tertiary/aromatic N) is 3. The first-order valence-corrected chi connectivity index (χ1v) is 12.8. The fourth-order valence-electron chi connectivity index (χ4n) is 4.90. The maximum atomic E-state index is 13.2. The van der Waals surface area contributed by atoms with Gasteiger partial charge < -0.3 is 19.9 Å². The number of carbonyl (C=O) groups excluding carboxylic acids is 1. The van der Waals surface area contributed by atoms with Crippen LogP contribution in [0.2, 0.25) is 0 Å². The molecule has 1 saturated carbocycles. The molecular formula is C27H43N5O2. The van der Waals surface area contributed by atoms with Crippen molar-refractivity contribution in [3.63, 3.8) is 0 Å². The lowest BCUT2D eigenvalue weighted by Gasteiger charge is -2.38. The van der Waals surface area contributed by atoms with Crippen LogP contribution in [-0.4, -0.2) is 72.3 Å². The van der Waals surface area contributed by atoms with Gasteiger partial charge in [0.25, 0.3) is 0 Å². The summed E-state index contributed by atoms with van der Waals surface area (Å²) < 4.78 is 5.79. The highest BCUT2D eigenvalue weighted by atomic mass is 16.5. The van der Waals surface area contributed by atoms with Gasteiger partial charge in [0.15, 0.2) is 0 Å². The number of rotatable bonds is 13. The first-order chi connectivity index (χ1) is 16.5. The van der Waals surface area contributed by atoms with E-state index in [1.54, 1.807) is 0 Å². The number of hydrogen-bond acceptors (Lipinski definition) is 5. The third kappa shape index (κ3) is 7.84. The fourth-order valence-corrected chi connectivity index (χ4v) is 4.90. The second-order valence-electron chi connectivity index (χ2n) is 9.99. The number of nitrogens with one attached hydrogen (secondary N) is 2. The number of benzene rings is 1. The molecule has 1 aliphatic rings. The Morgan fingerprint density at radius 3 is 2.62 bits per heavy atom. The Kier molecular flexibility index (Phi) is 10.4. The van der Waals surface area contributed by atoms with Crippen molar-refractivity contribution >= 4 is 5.91 Å². The number of amides is 1. The van der Waals surface area contributed by atoms with Gasteiger partial charge in [0.05, 0.1) is 18.7 Å². The molecule has 1 heterocycles. The van der Waals surface area contributed by atoms with E-state index in [9.17, 15) is 4.79 Å². The summed E-state index contributed by atoms with van der Waals surface area (Å²) >= 11 is 0. The number of carbonyl (C=O) groups is 1. The average molecular weight is 470 g/mol. The number of aromatic nitrogens is 2. The molecule has 0 unspecified atom stereocenters. The predicted molar refractivity (Wildman–Crippen MR) is 137 cm³/mol. The van der Waals surface area contributed by atoms with Gasteiger partial charge in [0.2, 0.25) is 5.91 Å². The van der Waals surface area contributed by atoms with Crippen molar-refractivity contribution in [2.45, 2.75) is 64.5 Å². The number of para-hydroxylation sites is 1. The monoisotopic (exact) mass is 469 g/mol. The topological polar surface area (TPSA) is 73.5 Å². The standard InChI is InChI=1S/C27H43N5O2/c1-21(2)19-32(26(33)14-17-34-25-8-6-5-7-9-25)24-12-10-22(11-13-24)27-23(18-29-30-27)20-31(4)16-15-28-3/h5-9,18,21-22,24,28H,10-17,19-20H2,1-4H3,(H,29,30)/t22-,24+. The Morgan fingerprint density at radius 1 is 1.21 bits per heavy atom. The van der Waals surface area contributed by atoms with Gasteiger partial charge in [-0.25, -0.2) is 0 Å². The quantitative estimate of drug-likeness (QED) is 0.463. The van der Waals surface area contributed by atoms with Gasteiger partial charge in [-0.3, -0.25) is 9.89 Å². The molecule has 3 rings (SSSR count). The van der Waals surface area contributed by atoms with E-state index in [4.69, 9.17) is 4.74 Å². The molecule has 0 atom stereocenters. The Labute approximate surface area is 205 Å². The van der Waals surface area contributed by atoms with Gasteiger partial charge >= 0.3 is 0 Å². The zero-order chi connectivity index (χ0) is 24.3. The lowest BCUT2D eigenvalue weighted by atomic mass is 9.82. The first-order valence-electron chi connectivity index (χ1n) is 12.8. The molecule has 188 valence electrons. The molecule has 1 aromatic heterocycles. The molecule has 1 amide bonds. The van der Waals surface area contributed by atoms with Crippen molar-refractivity contribution in [3.8, 4) is 5.75 Å². The molecule has 1 fully saturated rings. The zero-order valence-electron chi connectivity index (χ0n) is 21.4. The summed E-state index contributed by atoms with van der Waals surface area (Å²) in [4.78, 5) is 17.6. The number of ether oxygens (including phenoxy) is 1. The minimum Gasteiger partial charge on any atom is -0.493 e. The fraction of sp³-hybridized carbons (Fsp3) is 0.630. The molecule has 0 spiro atoms. The highest BCUT2D eigenvalue weighted by Gasteiger charge is 2.31. The van der Waals surface area contributed by atoms with Gasteiger partial charge in [-0.1, -0.05) is 32.0 Å². The second-order valence-corrected chi connectivity index (χ2v) is 9.99. The van der Waals surface area contributed by atoms with E-state index in [0.717, 1.165) is 57.6 Å². The maximum absolute atomic E-state index is 13.2. The Hall–Kier alpha value is -2.38. The molecule has 1 aliphatic carbocycles. The van der Waals surface area contributed by atoms with E-state index < -0.39 is 0 Å². The number of likely N-dealkylation sites (N-methyl/N-ethyl adjacent to an activating group) is 2. The van der Waals surface area contributed by atoms with Crippen molar-refractivity contribution in [1.82, 2.24) is 25.3 Å². The highest BCUT2D eigenvalue weighted by Crippen LogP contribution is 2.36. The largest absolute Gasteiger partial charge is 0.493 e. The summed E-state index contributed by atoms with van der Waals surface area (Å²) in [6.07, 6.45) is 6.69. The molecule has 0 aliphatic heterocycles. The van der Waals surface area contributed by atoms with Gasteiger partial charge in [-0.15, -0.1) is 0 Å². The van der Waals surface area contributed by atoms with Gasteiger partial charge in [-0.2, -0.15) is 5.10 Å². The van der Waals surface area contributed by atoms with E-state index in [1.165, 1.54) is 11.3 Å². The molecule has 2 aromatic rings. The van der Waals surface area contributed by atoms with Crippen molar-refractivity contribution < 1.29 is 9.53 Å². The smallest absolute Gasteiger partial charge is 0.226 e. The van der Waals surface area contributed by atoms with Crippen molar-refractivity contribution in [2.24, 2.45) is 5.92 Å². The van der Waals surface area contributed by atoms with E-state index in [1.807, 2.05) is 37.4 Å². The van der Waals surface area contributed by atoms with E-state index in [0.29, 0.717) is 30.9 Å². The SMILES string of the molecule is CNCCN(C)Cc1c[nH]nc1[C@H]1CC[C@@H](N(CC(C)C)C(=O)CCOc2ccccc2)CC1. The third-order valence-corrected chi connectivity index (χ3v) is 6.67. The Bertz CT molecular complexity index is 846. The molecule has 1 aromatic carbocycles. The third-order valence-electron chi connectivity index (χ3n) is 6.67. The van der Waals surface area contributed by atoms with Crippen LogP contribution >= 0.6 is 0 Å². The minimum absolute atomic E-state index is 0.208. The summed E-state index contributed by atoms with van der Waals surface area (Å²) in [5.41, 5.74) is 2.52. The van der Waals surface area contributed by atoms with Crippen LogP contribution in [0, 0.1) is 5.92 Å². The van der Waals surface area contributed by atoms with Gasteiger partial charge in [-0.05, 0) is 57.8 Å². The minimum atomic E-state index is 0.208. The summed E-state index contributed by atoms with van der Waals surface area (Å²) in [5.74, 6) is 1.94.